The molecular formula is C16H22N2O4. The number of ether oxygens (including phenoxy) is 1. The second-order valence-electron chi connectivity index (χ2n) is 6.57. The zero-order valence-electron chi connectivity index (χ0n) is 13.2. The number of nitrogens with zero attached hydrogens (tertiary/aromatic N) is 2. The van der Waals surface area contributed by atoms with Crippen LogP contribution in [-0.4, -0.2) is 45.2 Å². The van der Waals surface area contributed by atoms with Crippen LogP contribution in [-0.2, 0) is 16.0 Å². The highest BCUT2D eigenvalue weighted by Gasteiger charge is 2.43. The molecule has 2 atom stereocenters. The third-order valence-corrected chi connectivity index (χ3v) is 3.62. The predicted molar refractivity (Wildman–Crippen MR) is 80.4 cm³/mol. The SMILES string of the molecule is CC(C)(C)OC(=O)N1CCC(Cc2cccnc2)C1C(=O)O. The molecule has 1 amide bonds. The number of carboxylic acid groups (broad SMARTS) is 1. The first-order chi connectivity index (χ1) is 10.3. The summed E-state index contributed by atoms with van der Waals surface area (Å²) in [4.78, 5) is 29.2. The first-order valence-corrected chi connectivity index (χ1v) is 7.39. The van der Waals surface area contributed by atoms with Gasteiger partial charge in [0.05, 0.1) is 0 Å². The third kappa shape index (κ3) is 3.96. The van der Waals surface area contributed by atoms with Crippen LogP contribution in [0, 0.1) is 5.92 Å². The number of aliphatic carboxylic acids is 1. The lowest BCUT2D eigenvalue weighted by Crippen LogP contribution is -2.45. The molecule has 6 nitrogen and oxygen atoms in total. The molecule has 120 valence electrons. The van der Waals surface area contributed by atoms with Gasteiger partial charge in [0.15, 0.2) is 0 Å². The minimum absolute atomic E-state index is 0.130. The lowest BCUT2D eigenvalue weighted by Gasteiger charge is -2.28. The minimum atomic E-state index is -0.989. The van der Waals surface area contributed by atoms with E-state index in [0.29, 0.717) is 19.4 Å². The molecule has 1 aromatic rings. The van der Waals surface area contributed by atoms with E-state index < -0.39 is 23.7 Å². The molecule has 2 heterocycles. The van der Waals surface area contributed by atoms with Crippen molar-refractivity contribution in [3.63, 3.8) is 0 Å². The predicted octanol–water partition coefficient (Wildman–Crippen LogP) is 2.33. The van der Waals surface area contributed by atoms with E-state index >= 15 is 0 Å². The molecule has 0 saturated carbocycles. The summed E-state index contributed by atoms with van der Waals surface area (Å²) in [6.45, 7) is 5.70. The molecule has 0 aromatic carbocycles. The van der Waals surface area contributed by atoms with Crippen LogP contribution in [0.15, 0.2) is 24.5 Å². The Morgan fingerprint density at radius 1 is 1.45 bits per heavy atom. The van der Waals surface area contributed by atoms with Gasteiger partial charge in [0.1, 0.15) is 11.6 Å². The molecular weight excluding hydrogens is 284 g/mol. The van der Waals surface area contributed by atoms with E-state index in [1.165, 1.54) is 4.90 Å². The molecule has 1 fully saturated rings. The van der Waals surface area contributed by atoms with Crippen molar-refractivity contribution in [1.82, 2.24) is 9.88 Å². The van der Waals surface area contributed by atoms with Crippen molar-refractivity contribution in [2.75, 3.05) is 6.54 Å². The Labute approximate surface area is 130 Å². The molecule has 0 spiro atoms. The van der Waals surface area contributed by atoms with Gasteiger partial charge in [-0.15, -0.1) is 0 Å². The maximum Gasteiger partial charge on any atom is 0.411 e. The van der Waals surface area contributed by atoms with Crippen molar-refractivity contribution < 1.29 is 19.4 Å². The molecule has 0 aliphatic carbocycles. The molecule has 2 unspecified atom stereocenters. The topological polar surface area (TPSA) is 79.7 Å². The highest BCUT2D eigenvalue weighted by molar-refractivity contribution is 5.81. The van der Waals surface area contributed by atoms with E-state index in [0.717, 1.165) is 5.56 Å². The highest BCUT2D eigenvalue weighted by Crippen LogP contribution is 2.29. The van der Waals surface area contributed by atoms with Crippen LogP contribution in [0.1, 0.15) is 32.8 Å². The Morgan fingerprint density at radius 2 is 2.18 bits per heavy atom. The monoisotopic (exact) mass is 306 g/mol. The summed E-state index contributed by atoms with van der Waals surface area (Å²) in [6.07, 6.45) is 4.08. The standard InChI is InChI=1S/C16H22N2O4/c1-16(2,3)22-15(21)18-8-6-12(13(18)14(19)20)9-11-5-4-7-17-10-11/h4-5,7,10,12-13H,6,8-9H2,1-3H3,(H,19,20). The molecule has 1 N–H and O–H groups in total. The summed E-state index contributed by atoms with van der Waals surface area (Å²) in [5, 5.41) is 9.51. The third-order valence-electron chi connectivity index (χ3n) is 3.62. The van der Waals surface area contributed by atoms with E-state index in [9.17, 15) is 14.7 Å². The van der Waals surface area contributed by atoms with Crippen LogP contribution in [0.5, 0.6) is 0 Å². The van der Waals surface area contributed by atoms with Crippen LogP contribution >= 0.6 is 0 Å². The van der Waals surface area contributed by atoms with Gasteiger partial charge in [-0.05, 0) is 51.2 Å². The van der Waals surface area contributed by atoms with Crippen molar-refractivity contribution in [1.29, 1.82) is 0 Å². The Morgan fingerprint density at radius 3 is 2.73 bits per heavy atom. The minimum Gasteiger partial charge on any atom is -0.480 e. The maximum atomic E-state index is 12.2. The van der Waals surface area contributed by atoms with Gasteiger partial charge in [0.2, 0.25) is 0 Å². The number of carbonyl (C=O) groups is 2. The van der Waals surface area contributed by atoms with Crippen LogP contribution in [0.2, 0.25) is 0 Å². The first-order valence-electron chi connectivity index (χ1n) is 7.39. The fraction of sp³-hybridized carbons (Fsp3) is 0.562. The molecule has 1 aliphatic heterocycles. The summed E-state index contributed by atoms with van der Waals surface area (Å²) in [6, 6.07) is 2.89. The fourth-order valence-electron chi connectivity index (χ4n) is 2.75. The maximum absolute atomic E-state index is 12.2. The number of pyridine rings is 1. The highest BCUT2D eigenvalue weighted by atomic mass is 16.6. The van der Waals surface area contributed by atoms with Crippen molar-refractivity contribution >= 4 is 12.1 Å². The molecule has 1 saturated heterocycles. The van der Waals surface area contributed by atoms with Gasteiger partial charge in [-0.1, -0.05) is 6.07 Å². The van der Waals surface area contributed by atoms with Crippen molar-refractivity contribution in [3.05, 3.63) is 30.1 Å². The molecule has 22 heavy (non-hydrogen) atoms. The summed E-state index contributed by atoms with van der Waals surface area (Å²) in [5.74, 6) is -1.12. The molecule has 1 aliphatic rings. The Bertz CT molecular complexity index is 539. The van der Waals surface area contributed by atoms with Crippen molar-refractivity contribution in [2.24, 2.45) is 5.92 Å². The lowest BCUT2D eigenvalue weighted by atomic mass is 9.93. The Hall–Kier alpha value is -2.11. The van der Waals surface area contributed by atoms with E-state index in [2.05, 4.69) is 4.98 Å². The van der Waals surface area contributed by atoms with Gasteiger partial charge < -0.3 is 9.84 Å². The van der Waals surface area contributed by atoms with Gasteiger partial charge in [-0.3, -0.25) is 9.88 Å². The van der Waals surface area contributed by atoms with Crippen molar-refractivity contribution in [3.8, 4) is 0 Å². The number of hydrogen-bond acceptors (Lipinski definition) is 4. The number of aromatic nitrogens is 1. The number of rotatable bonds is 3. The zero-order chi connectivity index (χ0) is 16.3. The van der Waals surface area contributed by atoms with E-state index in [4.69, 9.17) is 4.74 Å². The number of carboxylic acids is 1. The number of amides is 1. The fourth-order valence-corrected chi connectivity index (χ4v) is 2.75. The molecule has 6 heteroatoms. The Balaban J connectivity index is 2.11. The average molecular weight is 306 g/mol. The molecule has 0 bridgehead atoms. The lowest BCUT2D eigenvalue weighted by molar-refractivity contribution is -0.143. The van der Waals surface area contributed by atoms with Gasteiger partial charge in [0.25, 0.3) is 0 Å². The normalized spacial score (nSPS) is 21.7. The van der Waals surface area contributed by atoms with E-state index in [1.54, 1.807) is 33.2 Å². The van der Waals surface area contributed by atoms with Gasteiger partial charge in [0, 0.05) is 18.9 Å². The number of carbonyl (C=O) groups excluding carboxylic acids is 1. The molecule has 0 radical (unpaired) electrons. The van der Waals surface area contributed by atoms with Crippen LogP contribution in [0.25, 0.3) is 0 Å². The average Bonchev–Trinajstić information content (AvgIpc) is 2.82. The smallest absolute Gasteiger partial charge is 0.411 e. The quantitative estimate of drug-likeness (QED) is 0.927. The molecule has 1 aromatic heterocycles. The molecule has 2 rings (SSSR count). The first kappa shape index (κ1) is 16.3. The van der Waals surface area contributed by atoms with Crippen LogP contribution in [0.4, 0.5) is 4.79 Å². The summed E-state index contributed by atoms with van der Waals surface area (Å²) in [7, 11) is 0. The second kappa shape index (κ2) is 6.34. The zero-order valence-corrected chi connectivity index (χ0v) is 13.2. The second-order valence-corrected chi connectivity index (χ2v) is 6.57. The number of hydrogen-bond donors (Lipinski definition) is 1. The van der Waals surface area contributed by atoms with Crippen molar-refractivity contribution in [2.45, 2.75) is 45.3 Å². The van der Waals surface area contributed by atoms with E-state index in [1.807, 2.05) is 12.1 Å². The van der Waals surface area contributed by atoms with Gasteiger partial charge in [-0.25, -0.2) is 9.59 Å². The largest absolute Gasteiger partial charge is 0.480 e. The van der Waals surface area contributed by atoms with Crippen LogP contribution in [0.3, 0.4) is 0 Å². The summed E-state index contributed by atoms with van der Waals surface area (Å²) < 4.78 is 5.31. The summed E-state index contributed by atoms with van der Waals surface area (Å²) >= 11 is 0. The van der Waals surface area contributed by atoms with Crippen LogP contribution < -0.4 is 0 Å². The number of likely N-dealkylation sites (tertiary alicyclic amines) is 1. The summed E-state index contributed by atoms with van der Waals surface area (Å²) in [5.41, 5.74) is 0.339. The van der Waals surface area contributed by atoms with Gasteiger partial charge in [-0.2, -0.15) is 0 Å². The van der Waals surface area contributed by atoms with E-state index in [-0.39, 0.29) is 5.92 Å². The Kier molecular flexibility index (Phi) is 4.68. The van der Waals surface area contributed by atoms with Gasteiger partial charge >= 0.3 is 12.1 Å².